The molecule has 218 valence electrons. The van der Waals surface area contributed by atoms with Crippen molar-refractivity contribution in [1.29, 1.82) is 0 Å². The van der Waals surface area contributed by atoms with E-state index in [9.17, 15) is 0 Å². The van der Waals surface area contributed by atoms with Gasteiger partial charge in [-0.1, -0.05) is 0 Å². The first-order valence-corrected chi connectivity index (χ1v) is 18.6. The van der Waals surface area contributed by atoms with Crippen molar-refractivity contribution in [1.82, 2.24) is 0 Å². The average molecular weight is 691 g/mol. The van der Waals surface area contributed by atoms with Crippen LogP contribution in [0, 0.1) is 27.7 Å². The monoisotopic (exact) mass is 690 g/mol. The minimum absolute atomic E-state index is 0.0342. The summed E-state index contributed by atoms with van der Waals surface area (Å²) in [5, 5.41) is -2.42. The first-order valence-electron chi connectivity index (χ1n) is 13.7. The lowest BCUT2D eigenvalue weighted by molar-refractivity contribution is -0.0105. The fourth-order valence-electron chi connectivity index (χ4n) is 5.63. The van der Waals surface area contributed by atoms with Gasteiger partial charge in [0.15, 0.2) is 6.17 Å². The van der Waals surface area contributed by atoms with Crippen molar-refractivity contribution in [3.05, 3.63) is 91.3 Å². The summed E-state index contributed by atoms with van der Waals surface area (Å²) in [4.78, 5) is 11.3. The van der Waals surface area contributed by atoms with Gasteiger partial charge in [0.25, 0.3) is 0 Å². The summed E-state index contributed by atoms with van der Waals surface area (Å²) in [6, 6.07) is 19.6. The van der Waals surface area contributed by atoms with E-state index in [1.165, 1.54) is 34.0 Å². The van der Waals surface area contributed by atoms with Gasteiger partial charge in [-0.3, -0.25) is 0 Å². The Labute approximate surface area is 281 Å². The third-order valence-corrected chi connectivity index (χ3v) is 14.7. The Kier molecular flexibility index (Phi) is 7.62. The molecule has 0 aromatic carbocycles. The number of allylic oxidation sites excluding steroid dienone is 2. The van der Waals surface area contributed by atoms with Crippen LogP contribution in [-0.2, 0) is 0 Å². The van der Waals surface area contributed by atoms with Gasteiger partial charge < -0.3 is 0 Å². The molecule has 1 unspecified atom stereocenters. The highest BCUT2D eigenvalue weighted by Crippen LogP contribution is 2.65. The van der Waals surface area contributed by atoms with Crippen LogP contribution in [-0.4, -0.2) is 27.8 Å². The van der Waals surface area contributed by atoms with Crippen LogP contribution in [0.5, 0.6) is 0 Å². The summed E-state index contributed by atoms with van der Waals surface area (Å²) >= 11 is 9.26. The summed E-state index contributed by atoms with van der Waals surface area (Å²) in [5.41, 5.74) is 0.290. The Bertz CT molecular complexity index is 1920. The summed E-state index contributed by atoms with van der Waals surface area (Å²) in [6.45, 7) is 8.03. The van der Waals surface area contributed by atoms with Crippen molar-refractivity contribution >= 4 is 94.9 Å². The van der Waals surface area contributed by atoms with Gasteiger partial charge in [-0.05, 0) is 105 Å². The molecular formula is C33H23B2F3S6. The largest absolute Gasteiger partial charge is 0.304 e. The molecule has 0 nitrogen and oxygen atoms in total. The number of hydrogen-bond acceptors (Lipinski definition) is 6. The molecule has 0 saturated heterocycles. The molecule has 0 aliphatic heterocycles. The second-order valence-electron chi connectivity index (χ2n) is 11.0. The molecular weight excluding hydrogens is 667 g/mol. The van der Waals surface area contributed by atoms with Gasteiger partial charge in [0.1, 0.15) is 0 Å². The van der Waals surface area contributed by atoms with Crippen LogP contribution in [0.1, 0.15) is 30.6 Å². The molecule has 1 aliphatic carbocycles. The van der Waals surface area contributed by atoms with E-state index in [0.29, 0.717) is 10.4 Å². The zero-order valence-electron chi connectivity index (χ0n) is 24.1. The fourth-order valence-corrected chi connectivity index (χ4v) is 11.8. The molecule has 0 saturated carbocycles. The lowest BCUT2D eigenvalue weighted by Crippen LogP contribution is -2.35. The minimum Gasteiger partial charge on any atom is -0.241 e. The van der Waals surface area contributed by atoms with Gasteiger partial charge in [0.05, 0.1) is 25.4 Å². The molecule has 44 heavy (non-hydrogen) atoms. The van der Waals surface area contributed by atoms with Crippen molar-refractivity contribution in [2.75, 3.05) is 0 Å². The van der Waals surface area contributed by atoms with Gasteiger partial charge >= 0.3 is 5.92 Å². The van der Waals surface area contributed by atoms with Crippen molar-refractivity contribution in [2.45, 2.75) is 45.0 Å². The van der Waals surface area contributed by atoms with Crippen molar-refractivity contribution < 1.29 is 13.2 Å². The quantitative estimate of drug-likeness (QED) is 0.153. The molecule has 6 aromatic rings. The van der Waals surface area contributed by atoms with Crippen LogP contribution >= 0.6 is 68.0 Å². The molecule has 6 aromatic heterocycles. The Balaban J connectivity index is 1.56. The van der Waals surface area contributed by atoms with Crippen LogP contribution < -0.4 is 0 Å². The minimum atomic E-state index is -3.92. The van der Waals surface area contributed by atoms with Gasteiger partial charge in [-0.15, -0.1) is 68.0 Å². The zero-order chi connectivity index (χ0) is 31.1. The van der Waals surface area contributed by atoms with E-state index in [1.807, 2.05) is 82.3 Å². The lowest BCUT2D eigenvalue weighted by atomic mass is 9.49. The summed E-state index contributed by atoms with van der Waals surface area (Å²) in [7, 11) is 13.0. The molecule has 0 amide bonds. The topological polar surface area (TPSA) is 0 Å². The molecule has 7 rings (SSSR count). The third kappa shape index (κ3) is 4.99. The maximum Gasteiger partial charge on any atom is 0.304 e. The van der Waals surface area contributed by atoms with Gasteiger partial charge in [-0.25, -0.2) is 4.39 Å². The van der Waals surface area contributed by atoms with Crippen LogP contribution in [0.4, 0.5) is 13.2 Å². The van der Waals surface area contributed by atoms with E-state index in [0.717, 1.165) is 53.6 Å². The highest BCUT2D eigenvalue weighted by atomic mass is 32.1. The molecule has 11 heteroatoms. The highest BCUT2D eigenvalue weighted by Gasteiger charge is 2.61. The van der Waals surface area contributed by atoms with Gasteiger partial charge in [0, 0.05) is 59.9 Å². The maximum absolute atomic E-state index is 16.5. The molecule has 0 N–H and O–H groups in total. The average Bonchev–Trinajstić information content (AvgIpc) is 3.79. The molecule has 1 aliphatic rings. The SMILES string of the molecule is [B]C1([B])C(c2cc(-c3ccc(C)s3)sc2-c2ccc(C)s2)=C(c2cc(-c3ccc(C)s3)sc2-c2ccc(C)s2)C(F)(F)C1F. The van der Waals surface area contributed by atoms with Gasteiger partial charge in [0.2, 0.25) is 0 Å². The van der Waals surface area contributed by atoms with E-state index >= 15 is 13.2 Å². The first-order chi connectivity index (χ1) is 20.8. The lowest BCUT2D eigenvalue weighted by Gasteiger charge is -2.28. The number of thiophene rings is 6. The van der Waals surface area contributed by atoms with Crippen LogP contribution in [0.2, 0.25) is 5.21 Å². The van der Waals surface area contributed by atoms with E-state index < -0.39 is 22.9 Å². The predicted octanol–water partition coefficient (Wildman–Crippen LogP) is 12.3. The zero-order valence-corrected chi connectivity index (χ0v) is 29.0. The number of rotatable bonds is 6. The molecule has 0 spiro atoms. The number of aryl methyl sites for hydroxylation is 4. The third-order valence-electron chi connectivity index (χ3n) is 7.65. The standard InChI is InChI=1S/C33H23B2F3S6/c1-15-5-9-21(39-15)25-13-19(29(43-25)23-11-7-17(3)41-23)27-28(33(37,38)31(36)32(27,34)35)20-14-26(22-10-6-16(2)40-22)44-30(20)24-12-8-18(4)42-24/h5-14,31H,1-4H3. The molecule has 4 radical (unpaired) electrons. The maximum atomic E-state index is 16.5. The van der Waals surface area contributed by atoms with E-state index in [4.69, 9.17) is 15.7 Å². The second kappa shape index (κ2) is 11.0. The van der Waals surface area contributed by atoms with Crippen molar-refractivity contribution in [2.24, 2.45) is 0 Å². The van der Waals surface area contributed by atoms with E-state index in [1.54, 1.807) is 40.1 Å². The normalized spacial score (nSPS) is 17.7. The van der Waals surface area contributed by atoms with Gasteiger partial charge in [-0.2, -0.15) is 8.78 Å². The highest BCUT2D eigenvalue weighted by molar-refractivity contribution is 7.27. The number of alkyl halides is 3. The van der Waals surface area contributed by atoms with Crippen LogP contribution in [0.3, 0.4) is 0 Å². The Morgan fingerprint density at radius 3 is 1.25 bits per heavy atom. The Morgan fingerprint density at radius 2 is 0.886 bits per heavy atom. The molecule has 0 bridgehead atoms. The Hall–Kier alpha value is -2.14. The Morgan fingerprint density at radius 1 is 0.523 bits per heavy atom. The summed E-state index contributed by atoms with van der Waals surface area (Å²) in [6.07, 6.45) is -2.81. The number of halogens is 3. The first kappa shape index (κ1) is 30.5. The molecule has 0 fully saturated rings. The summed E-state index contributed by atoms with van der Waals surface area (Å²) < 4.78 is 49.1. The smallest absolute Gasteiger partial charge is 0.241 e. The van der Waals surface area contributed by atoms with Crippen molar-refractivity contribution in [3.8, 4) is 39.0 Å². The molecule has 1 atom stereocenters. The summed E-state index contributed by atoms with van der Waals surface area (Å²) in [5.74, 6) is -3.92. The fraction of sp³-hybridized carbons (Fsp3) is 0.212. The van der Waals surface area contributed by atoms with E-state index in [2.05, 4.69) is 0 Å². The van der Waals surface area contributed by atoms with Crippen molar-refractivity contribution in [3.63, 3.8) is 0 Å². The van der Waals surface area contributed by atoms with E-state index in [-0.39, 0.29) is 11.1 Å². The number of hydrogen-bond donors (Lipinski definition) is 0. The predicted molar refractivity (Wildman–Crippen MR) is 192 cm³/mol. The van der Waals surface area contributed by atoms with Crippen LogP contribution in [0.25, 0.3) is 50.2 Å². The van der Waals surface area contributed by atoms with Crippen LogP contribution in [0.15, 0.2) is 60.7 Å². The molecule has 6 heterocycles. The second-order valence-corrected chi connectivity index (χ2v) is 18.3.